The predicted molar refractivity (Wildman–Crippen MR) is 82.9 cm³/mol. The van der Waals surface area contributed by atoms with Crippen LogP contribution in [-0.4, -0.2) is 16.0 Å². The number of aromatic nitrogens is 1. The third-order valence-corrected chi connectivity index (χ3v) is 3.75. The van der Waals surface area contributed by atoms with Crippen molar-refractivity contribution in [1.82, 2.24) is 4.98 Å². The number of amides is 1. The van der Waals surface area contributed by atoms with Crippen LogP contribution >= 0.6 is 15.9 Å². The molecule has 0 atom stereocenters. The first-order valence-corrected chi connectivity index (χ1v) is 7.06. The molecule has 0 bridgehead atoms. The second-order valence-electron chi connectivity index (χ2n) is 4.50. The van der Waals surface area contributed by atoms with E-state index in [0.29, 0.717) is 20.9 Å². The van der Waals surface area contributed by atoms with E-state index in [9.17, 15) is 14.3 Å². The van der Waals surface area contributed by atoms with E-state index in [-0.39, 0.29) is 11.6 Å². The van der Waals surface area contributed by atoms with Gasteiger partial charge in [0.15, 0.2) is 5.69 Å². The maximum Gasteiger partial charge on any atom is 0.296 e. The molecule has 1 heterocycles. The normalized spacial score (nSPS) is 11.4. The number of fused-ring (bicyclic) bond motifs is 1. The van der Waals surface area contributed by atoms with Gasteiger partial charge in [0.05, 0.1) is 11.1 Å². The fraction of sp³-hybridized carbons (Fsp3) is 0. The minimum Gasteiger partial charge on any atom is -0.493 e. The second-order valence-corrected chi connectivity index (χ2v) is 5.35. The van der Waals surface area contributed by atoms with E-state index in [1.54, 1.807) is 24.3 Å². The van der Waals surface area contributed by atoms with Crippen molar-refractivity contribution in [2.24, 2.45) is 10.2 Å². The van der Waals surface area contributed by atoms with E-state index in [4.69, 9.17) is 0 Å². The number of carbonyl (C=O) groups is 1. The van der Waals surface area contributed by atoms with Crippen LogP contribution in [0, 0.1) is 5.82 Å². The number of carbonyl (C=O) groups excluding carboxylic acids is 1. The van der Waals surface area contributed by atoms with Gasteiger partial charge in [0.25, 0.3) is 5.91 Å². The highest BCUT2D eigenvalue weighted by Gasteiger charge is 2.13. The van der Waals surface area contributed by atoms with Crippen LogP contribution in [0.2, 0.25) is 0 Å². The summed E-state index contributed by atoms with van der Waals surface area (Å²) in [6, 6.07) is 10.7. The summed E-state index contributed by atoms with van der Waals surface area (Å²) in [5, 5.41) is 17.5. The van der Waals surface area contributed by atoms with Crippen molar-refractivity contribution in [2.45, 2.75) is 0 Å². The minimum absolute atomic E-state index is 0.0231. The molecule has 3 rings (SSSR count). The minimum atomic E-state index is -0.572. The molecule has 0 aliphatic carbocycles. The van der Waals surface area contributed by atoms with Gasteiger partial charge in [-0.2, -0.15) is 0 Å². The topological polar surface area (TPSA) is 77.8 Å². The van der Waals surface area contributed by atoms with Crippen LogP contribution in [0.25, 0.3) is 10.9 Å². The monoisotopic (exact) mass is 361 g/mol. The summed E-state index contributed by atoms with van der Waals surface area (Å²) in [6.07, 6.45) is 0. The number of halogens is 2. The summed E-state index contributed by atoms with van der Waals surface area (Å²) >= 11 is 3.25. The number of benzene rings is 2. The molecule has 110 valence electrons. The Balaban J connectivity index is 1.99. The van der Waals surface area contributed by atoms with E-state index in [0.717, 1.165) is 0 Å². The van der Waals surface area contributed by atoms with Gasteiger partial charge in [0.2, 0.25) is 5.88 Å². The third-order valence-electron chi connectivity index (χ3n) is 3.06. The number of hydrogen-bond donors (Lipinski definition) is 2. The molecule has 1 amide bonds. The van der Waals surface area contributed by atoms with Crippen LogP contribution < -0.4 is 0 Å². The number of aromatic hydroxyl groups is 1. The first-order chi connectivity index (χ1) is 10.6. The Labute approximate surface area is 132 Å². The predicted octanol–water partition coefficient (Wildman–Crippen LogP) is 4.70. The van der Waals surface area contributed by atoms with E-state index in [1.165, 1.54) is 18.2 Å². The Kier molecular flexibility index (Phi) is 3.72. The molecule has 0 radical (unpaired) electrons. The average molecular weight is 362 g/mol. The van der Waals surface area contributed by atoms with Gasteiger partial charge in [0, 0.05) is 9.86 Å². The molecular weight excluding hydrogens is 353 g/mol. The molecule has 0 saturated heterocycles. The lowest BCUT2D eigenvalue weighted by Gasteiger charge is -1.97. The fourth-order valence-electron chi connectivity index (χ4n) is 2.02. The Morgan fingerprint density at radius 2 is 2.00 bits per heavy atom. The summed E-state index contributed by atoms with van der Waals surface area (Å²) in [6.45, 7) is 0. The van der Waals surface area contributed by atoms with Crippen LogP contribution in [0.15, 0.2) is 57.2 Å². The SMILES string of the molecule is O=C(N=Nc1c(O)[nH]c2ccc(F)cc12)c1ccccc1Br. The van der Waals surface area contributed by atoms with Crippen LogP contribution in [0.4, 0.5) is 10.1 Å². The summed E-state index contributed by atoms with van der Waals surface area (Å²) in [5.41, 5.74) is 0.868. The van der Waals surface area contributed by atoms with Crippen molar-refractivity contribution in [3.8, 4) is 5.88 Å². The van der Waals surface area contributed by atoms with Crippen molar-refractivity contribution in [3.63, 3.8) is 0 Å². The molecule has 0 aliphatic heterocycles. The lowest BCUT2D eigenvalue weighted by molar-refractivity contribution is 0.0994. The van der Waals surface area contributed by atoms with E-state index >= 15 is 0 Å². The van der Waals surface area contributed by atoms with Gasteiger partial charge in [-0.05, 0) is 46.3 Å². The summed E-state index contributed by atoms with van der Waals surface area (Å²) in [7, 11) is 0. The van der Waals surface area contributed by atoms with E-state index < -0.39 is 11.7 Å². The lowest BCUT2D eigenvalue weighted by atomic mass is 10.2. The van der Waals surface area contributed by atoms with Crippen molar-refractivity contribution >= 4 is 38.4 Å². The Hall–Kier alpha value is -2.54. The average Bonchev–Trinajstić information content (AvgIpc) is 2.80. The number of H-pyrrole nitrogens is 1. The Morgan fingerprint density at radius 1 is 1.23 bits per heavy atom. The highest BCUT2D eigenvalue weighted by Crippen LogP contribution is 2.35. The van der Waals surface area contributed by atoms with Gasteiger partial charge in [-0.25, -0.2) is 4.39 Å². The van der Waals surface area contributed by atoms with Gasteiger partial charge < -0.3 is 10.1 Å². The summed E-state index contributed by atoms with van der Waals surface area (Å²) < 4.78 is 13.9. The molecule has 0 fully saturated rings. The van der Waals surface area contributed by atoms with Crippen LogP contribution in [0.3, 0.4) is 0 Å². The van der Waals surface area contributed by atoms with Crippen molar-refractivity contribution < 1.29 is 14.3 Å². The van der Waals surface area contributed by atoms with Crippen LogP contribution in [-0.2, 0) is 0 Å². The third kappa shape index (κ3) is 2.62. The molecule has 0 unspecified atom stereocenters. The molecule has 2 N–H and O–H groups in total. The van der Waals surface area contributed by atoms with E-state index in [2.05, 4.69) is 31.1 Å². The number of hydrogen-bond acceptors (Lipinski definition) is 3. The molecule has 7 heteroatoms. The maximum absolute atomic E-state index is 13.3. The molecule has 0 aliphatic rings. The number of nitrogens with zero attached hydrogens (tertiary/aromatic N) is 2. The van der Waals surface area contributed by atoms with E-state index in [1.807, 2.05) is 0 Å². The molecule has 0 saturated carbocycles. The molecule has 22 heavy (non-hydrogen) atoms. The fourth-order valence-corrected chi connectivity index (χ4v) is 2.48. The quantitative estimate of drug-likeness (QED) is 0.649. The summed E-state index contributed by atoms with van der Waals surface area (Å²) in [4.78, 5) is 14.7. The zero-order chi connectivity index (χ0) is 15.7. The highest BCUT2D eigenvalue weighted by molar-refractivity contribution is 9.10. The van der Waals surface area contributed by atoms with Gasteiger partial charge in [-0.1, -0.05) is 12.1 Å². The van der Waals surface area contributed by atoms with Gasteiger partial charge in [-0.15, -0.1) is 10.2 Å². The molecular formula is C15H9BrFN3O2. The number of rotatable bonds is 2. The van der Waals surface area contributed by atoms with Crippen LogP contribution in [0.1, 0.15) is 10.4 Å². The van der Waals surface area contributed by atoms with Gasteiger partial charge in [-0.3, -0.25) is 4.79 Å². The van der Waals surface area contributed by atoms with Crippen molar-refractivity contribution in [3.05, 3.63) is 58.3 Å². The largest absolute Gasteiger partial charge is 0.493 e. The maximum atomic E-state index is 13.3. The Bertz CT molecular complexity index is 905. The molecule has 0 spiro atoms. The van der Waals surface area contributed by atoms with Crippen molar-refractivity contribution in [2.75, 3.05) is 0 Å². The van der Waals surface area contributed by atoms with Crippen LogP contribution in [0.5, 0.6) is 5.88 Å². The molecule has 5 nitrogen and oxygen atoms in total. The van der Waals surface area contributed by atoms with Gasteiger partial charge in [0.1, 0.15) is 5.82 Å². The van der Waals surface area contributed by atoms with Crippen molar-refractivity contribution in [1.29, 1.82) is 0 Å². The zero-order valence-electron chi connectivity index (χ0n) is 11.0. The first kappa shape index (κ1) is 14.4. The summed E-state index contributed by atoms with van der Waals surface area (Å²) in [5.74, 6) is -1.32. The van der Waals surface area contributed by atoms with Gasteiger partial charge >= 0.3 is 0 Å². The molecule has 1 aromatic heterocycles. The zero-order valence-corrected chi connectivity index (χ0v) is 12.6. The number of nitrogens with one attached hydrogen (secondary N) is 1. The molecule has 2 aromatic carbocycles. The number of azo groups is 1. The smallest absolute Gasteiger partial charge is 0.296 e. The standard InChI is InChI=1S/C15H9BrFN3O2/c16-11-4-2-1-3-9(11)14(21)20-19-13-10-7-8(17)5-6-12(10)18-15(13)22/h1-7,18,22H. The lowest BCUT2D eigenvalue weighted by Crippen LogP contribution is -1.94. The first-order valence-electron chi connectivity index (χ1n) is 6.27. The number of aromatic amines is 1. The highest BCUT2D eigenvalue weighted by atomic mass is 79.9. The second kappa shape index (κ2) is 5.69. The molecule has 3 aromatic rings. The Morgan fingerprint density at radius 3 is 2.77 bits per heavy atom.